The van der Waals surface area contributed by atoms with Crippen LogP contribution < -0.4 is 10.9 Å². The van der Waals surface area contributed by atoms with Gasteiger partial charge in [-0.1, -0.05) is 20.8 Å². The topological polar surface area (TPSA) is 95.1 Å². The number of hydrogen-bond acceptors (Lipinski definition) is 4. The Balaban J connectivity index is 2.69. The van der Waals surface area contributed by atoms with Crippen LogP contribution in [-0.4, -0.2) is 34.1 Å². The second kappa shape index (κ2) is 7.93. The maximum Gasteiger partial charge on any atom is 0.264 e. The molecule has 1 unspecified atom stereocenters. The molecule has 21 heavy (non-hydrogen) atoms. The van der Waals surface area contributed by atoms with Gasteiger partial charge in [0.05, 0.1) is 5.69 Å². The fourth-order valence-corrected chi connectivity index (χ4v) is 1.98. The van der Waals surface area contributed by atoms with E-state index in [1.165, 1.54) is 0 Å². The highest BCUT2D eigenvalue weighted by Crippen LogP contribution is 2.09. The minimum absolute atomic E-state index is 0.0783. The summed E-state index contributed by atoms with van der Waals surface area (Å²) in [7, 11) is 0. The normalized spacial score (nSPS) is 12.5. The number of carbonyl (C=O) groups is 1. The molecule has 0 fully saturated rings. The molecule has 0 aliphatic carbocycles. The van der Waals surface area contributed by atoms with Gasteiger partial charge in [-0.3, -0.25) is 9.59 Å². The van der Waals surface area contributed by atoms with Crippen LogP contribution in [0.25, 0.3) is 0 Å². The molecule has 0 bridgehead atoms. The molecule has 0 radical (unpaired) electrons. The van der Waals surface area contributed by atoms with Gasteiger partial charge in [0, 0.05) is 19.1 Å². The fraction of sp³-hybridized carbons (Fsp3) is 0.667. The predicted octanol–water partition coefficient (Wildman–Crippen LogP) is 1.34. The van der Waals surface area contributed by atoms with E-state index in [1.54, 1.807) is 6.92 Å². The Labute approximate surface area is 125 Å². The van der Waals surface area contributed by atoms with Crippen molar-refractivity contribution in [3.8, 4) is 0 Å². The van der Waals surface area contributed by atoms with Gasteiger partial charge in [0.25, 0.3) is 11.5 Å². The first kappa shape index (κ1) is 17.4. The number of aromatic amines is 1. The molecule has 0 aromatic carbocycles. The quantitative estimate of drug-likeness (QED) is 0.661. The number of H-pyrrole nitrogens is 1. The number of aliphatic hydroxyl groups is 1. The van der Waals surface area contributed by atoms with E-state index in [9.17, 15) is 9.59 Å². The summed E-state index contributed by atoms with van der Waals surface area (Å²) in [6, 6.07) is 0. The minimum atomic E-state index is -0.396. The lowest BCUT2D eigenvalue weighted by atomic mass is 10.1. The number of nitrogens with zero attached hydrogens (tertiary/aromatic N) is 1. The third kappa shape index (κ3) is 4.97. The molecule has 0 saturated heterocycles. The number of amides is 1. The van der Waals surface area contributed by atoms with E-state index >= 15 is 0 Å². The third-order valence-corrected chi connectivity index (χ3v) is 3.36. The zero-order valence-electron chi connectivity index (χ0n) is 13.2. The summed E-state index contributed by atoms with van der Waals surface area (Å²) in [6.45, 7) is 8.11. The van der Waals surface area contributed by atoms with Gasteiger partial charge in [0.2, 0.25) is 0 Å². The molecule has 0 spiro atoms. The van der Waals surface area contributed by atoms with Gasteiger partial charge in [-0.2, -0.15) is 0 Å². The van der Waals surface area contributed by atoms with E-state index in [2.05, 4.69) is 15.3 Å². The number of nitrogens with one attached hydrogen (secondary N) is 2. The largest absolute Gasteiger partial charge is 0.396 e. The minimum Gasteiger partial charge on any atom is -0.396 e. The number of hydrogen-bond donors (Lipinski definition) is 3. The van der Waals surface area contributed by atoms with Crippen molar-refractivity contribution in [3.05, 3.63) is 27.4 Å². The smallest absolute Gasteiger partial charge is 0.264 e. The maximum absolute atomic E-state index is 12.1. The Bertz CT molecular complexity index is 537. The first-order chi connectivity index (χ1) is 9.86. The molecule has 0 aliphatic rings. The van der Waals surface area contributed by atoms with Crippen LogP contribution in [0.2, 0.25) is 0 Å². The summed E-state index contributed by atoms with van der Waals surface area (Å²) >= 11 is 0. The van der Waals surface area contributed by atoms with Gasteiger partial charge in [0.15, 0.2) is 0 Å². The van der Waals surface area contributed by atoms with Crippen LogP contribution in [0.15, 0.2) is 4.79 Å². The molecule has 1 heterocycles. The van der Waals surface area contributed by atoms with Crippen molar-refractivity contribution in [3.63, 3.8) is 0 Å². The Kier molecular flexibility index (Phi) is 6.55. The molecule has 1 aromatic heterocycles. The van der Waals surface area contributed by atoms with Crippen LogP contribution in [0.4, 0.5) is 0 Å². The van der Waals surface area contributed by atoms with E-state index in [1.807, 2.05) is 20.8 Å². The van der Waals surface area contributed by atoms with Crippen LogP contribution in [0.5, 0.6) is 0 Å². The van der Waals surface area contributed by atoms with Crippen molar-refractivity contribution in [2.45, 2.75) is 46.5 Å². The highest BCUT2D eigenvalue weighted by Gasteiger charge is 2.16. The van der Waals surface area contributed by atoms with Crippen LogP contribution in [0.3, 0.4) is 0 Å². The average Bonchev–Trinajstić information content (AvgIpc) is 2.42. The van der Waals surface area contributed by atoms with Crippen molar-refractivity contribution in [2.75, 3.05) is 13.2 Å². The van der Waals surface area contributed by atoms with Gasteiger partial charge in [0.1, 0.15) is 11.4 Å². The summed E-state index contributed by atoms with van der Waals surface area (Å²) < 4.78 is 0. The van der Waals surface area contributed by atoms with Gasteiger partial charge in [-0.15, -0.1) is 0 Å². The third-order valence-electron chi connectivity index (χ3n) is 3.36. The Hall–Kier alpha value is -1.69. The van der Waals surface area contributed by atoms with E-state index in [0.717, 1.165) is 12.8 Å². The molecule has 0 aliphatic heterocycles. The van der Waals surface area contributed by atoms with Crippen molar-refractivity contribution in [1.82, 2.24) is 15.3 Å². The molecule has 1 aromatic rings. The molecule has 1 rings (SSSR count). The van der Waals surface area contributed by atoms with Gasteiger partial charge in [-0.05, 0) is 25.7 Å². The summed E-state index contributed by atoms with van der Waals surface area (Å²) in [5.74, 6) is 0.520. The molecule has 1 amide bonds. The van der Waals surface area contributed by atoms with E-state index in [-0.39, 0.29) is 24.0 Å². The van der Waals surface area contributed by atoms with Gasteiger partial charge >= 0.3 is 0 Å². The van der Waals surface area contributed by atoms with Crippen LogP contribution >= 0.6 is 0 Å². The zero-order chi connectivity index (χ0) is 16.0. The van der Waals surface area contributed by atoms with Gasteiger partial charge in [-0.25, -0.2) is 4.98 Å². The lowest BCUT2D eigenvalue weighted by Gasteiger charge is -2.11. The SMILES string of the molecule is Cc1nc(C(C)C)[nH]c(=O)c1C(=O)NCCCC(C)CO. The zero-order valence-corrected chi connectivity index (χ0v) is 13.2. The van der Waals surface area contributed by atoms with Crippen LogP contribution in [0, 0.1) is 12.8 Å². The van der Waals surface area contributed by atoms with Crippen LogP contribution in [-0.2, 0) is 0 Å². The molecule has 6 heteroatoms. The van der Waals surface area contributed by atoms with Crippen molar-refractivity contribution in [2.24, 2.45) is 5.92 Å². The molecule has 1 atom stereocenters. The highest BCUT2D eigenvalue weighted by atomic mass is 16.3. The molecule has 118 valence electrons. The number of rotatable bonds is 7. The maximum atomic E-state index is 12.1. The van der Waals surface area contributed by atoms with Crippen molar-refractivity contribution >= 4 is 5.91 Å². The highest BCUT2D eigenvalue weighted by molar-refractivity contribution is 5.94. The molecule has 6 nitrogen and oxygen atoms in total. The summed E-state index contributed by atoms with van der Waals surface area (Å²) in [6.07, 6.45) is 1.60. The summed E-state index contributed by atoms with van der Waals surface area (Å²) in [4.78, 5) is 31.0. The molecular formula is C15H25N3O3. The number of aliphatic hydroxyl groups excluding tert-OH is 1. The molecular weight excluding hydrogens is 270 g/mol. The van der Waals surface area contributed by atoms with Crippen molar-refractivity contribution in [1.29, 1.82) is 0 Å². The average molecular weight is 295 g/mol. The lowest BCUT2D eigenvalue weighted by molar-refractivity contribution is 0.0949. The number of carbonyl (C=O) groups excluding carboxylic acids is 1. The first-order valence-electron chi connectivity index (χ1n) is 7.36. The fourth-order valence-electron chi connectivity index (χ4n) is 1.98. The number of aryl methyl sites for hydroxylation is 1. The van der Waals surface area contributed by atoms with E-state index < -0.39 is 11.5 Å². The van der Waals surface area contributed by atoms with Crippen molar-refractivity contribution < 1.29 is 9.90 Å². The van der Waals surface area contributed by atoms with E-state index in [0.29, 0.717) is 18.1 Å². The molecule has 3 N–H and O–H groups in total. The Morgan fingerprint density at radius 3 is 2.57 bits per heavy atom. The summed E-state index contributed by atoms with van der Waals surface area (Å²) in [5, 5.41) is 11.7. The summed E-state index contributed by atoms with van der Waals surface area (Å²) in [5.41, 5.74) is 0.130. The lowest BCUT2D eigenvalue weighted by Crippen LogP contribution is -2.33. The Morgan fingerprint density at radius 1 is 1.38 bits per heavy atom. The second-order valence-electron chi connectivity index (χ2n) is 5.75. The molecule has 0 saturated carbocycles. The first-order valence-corrected chi connectivity index (χ1v) is 7.36. The number of aromatic nitrogens is 2. The predicted molar refractivity (Wildman–Crippen MR) is 81.5 cm³/mol. The second-order valence-corrected chi connectivity index (χ2v) is 5.75. The monoisotopic (exact) mass is 295 g/mol. The Morgan fingerprint density at radius 2 is 2.05 bits per heavy atom. The van der Waals surface area contributed by atoms with Gasteiger partial charge < -0.3 is 15.4 Å². The van der Waals surface area contributed by atoms with Crippen LogP contribution in [0.1, 0.15) is 61.4 Å². The standard InChI is InChI=1S/C15H25N3O3/c1-9(2)13-17-11(4)12(15(21)18-13)14(20)16-7-5-6-10(3)8-19/h9-10,19H,5-8H2,1-4H3,(H,16,20)(H,17,18,21). The van der Waals surface area contributed by atoms with E-state index in [4.69, 9.17) is 5.11 Å².